The molecule has 1 aliphatic rings. The molecule has 1 saturated heterocycles. The molecule has 0 amide bonds. The smallest absolute Gasteiger partial charge is 0.159 e. The zero-order valence-electron chi connectivity index (χ0n) is 14.2. The first-order valence-electron chi connectivity index (χ1n) is 8.50. The van der Waals surface area contributed by atoms with Crippen molar-refractivity contribution >= 4 is 5.65 Å². The van der Waals surface area contributed by atoms with Crippen LogP contribution in [-0.2, 0) is 6.54 Å². The second kappa shape index (κ2) is 6.28. The van der Waals surface area contributed by atoms with Gasteiger partial charge in [0.25, 0.3) is 0 Å². The molecule has 24 heavy (non-hydrogen) atoms. The Labute approximate surface area is 141 Å². The lowest BCUT2D eigenvalue weighted by Crippen LogP contribution is -2.34. The third-order valence-corrected chi connectivity index (χ3v) is 4.75. The molecule has 3 aromatic heterocycles. The first-order chi connectivity index (χ1) is 11.7. The molecular weight excluding hydrogens is 300 g/mol. The van der Waals surface area contributed by atoms with Crippen molar-refractivity contribution in [2.75, 3.05) is 13.1 Å². The normalized spacial score (nSPS) is 19.0. The topological polar surface area (TPSA) is 59.2 Å². The van der Waals surface area contributed by atoms with Crippen LogP contribution in [0.15, 0.2) is 30.9 Å². The second-order valence-electron chi connectivity index (χ2n) is 6.65. The molecule has 0 N–H and O–H groups in total. The number of likely N-dealkylation sites (tertiary alicyclic amines) is 1. The Morgan fingerprint density at radius 3 is 2.96 bits per heavy atom. The summed E-state index contributed by atoms with van der Waals surface area (Å²) in [5, 5.41) is 4.51. The van der Waals surface area contributed by atoms with Gasteiger partial charge in [0, 0.05) is 54.5 Å². The lowest BCUT2D eigenvalue weighted by atomic mass is 9.95. The molecule has 1 aliphatic heterocycles. The van der Waals surface area contributed by atoms with E-state index < -0.39 is 0 Å². The third-order valence-electron chi connectivity index (χ3n) is 4.75. The molecular formula is C18H22N6. The standard InChI is InChI=1S/C18H22N6/c1-13-8-14(2)24-18(22-13)16(9-21-24)12-23-7-3-4-15(11-23)17-10-19-5-6-20-17/h5-6,8-10,15H,3-4,7,11-12H2,1-2H3. The van der Waals surface area contributed by atoms with Gasteiger partial charge in [0.05, 0.1) is 11.9 Å². The molecule has 1 atom stereocenters. The lowest BCUT2D eigenvalue weighted by molar-refractivity contribution is 0.199. The molecule has 0 spiro atoms. The monoisotopic (exact) mass is 322 g/mol. The molecule has 6 nitrogen and oxygen atoms in total. The van der Waals surface area contributed by atoms with Crippen molar-refractivity contribution in [2.24, 2.45) is 0 Å². The summed E-state index contributed by atoms with van der Waals surface area (Å²) < 4.78 is 1.94. The van der Waals surface area contributed by atoms with Crippen molar-refractivity contribution in [2.45, 2.75) is 39.2 Å². The summed E-state index contributed by atoms with van der Waals surface area (Å²) in [4.78, 5) is 15.9. The number of aromatic nitrogens is 5. The van der Waals surface area contributed by atoms with Crippen LogP contribution in [0.1, 0.15) is 41.4 Å². The van der Waals surface area contributed by atoms with Gasteiger partial charge < -0.3 is 0 Å². The maximum Gasteiger partial charge on any atom is 0.159 e. The molecule has 1 unspecified atom stereocenters. The van der Waals surface area contributed by atoms with Crippen LogP contribution in [0.25, 0.3) is 5.65 Å². The fourth-order valence-electron chi connectivity index (χ4n) is 3.63. The van der Waals surface area contributed by atoms with E-state index in [4.69, 9.17) is 4.98 Å². The van der Waals surface area contributed by atoms with Crippen molar-refractivity contribution in [1.29, 1.82) is 0 Å². The summed E-state index contributed by atoms with van der Waals surface area (Å²) in [5.74, 6) is 0.464. The van der Waals surface area contributed by atoms with Crippen LogP contribution in [0, 0.1) is 13.8 Å². The fraction of sp³-hybridized carbons (Fsp3) is 0.444. The molecule has 4 heterocycles. The van der Waals surface area contributed by atoms with Gasteiger partial charge in [-0.25, -0.2) is 9.50 Å². The molecule has 0 aliphatic carbocycles. The molecule has 0 bridgehead atoms. The second-order valence-corrected chi connectivity index (χ2v) is 6.65. The minimum atomic E-state index is 0.464. The Balaban J connectivity index is 1.55. The van der Waals surface area contributed by atoms with Crippen LogP contribution in [0.5, 0.6) is 0 Å². The SMILES string of the molecule is Cc1cc(C)n2ncc(CN3CCCC(c4cnccn4)C3)c2n1. The van der Waals surface area contributed by atoms with Gasteiger partial charge in [-0.1, -0.05) is 0 Å². The summed E-state index contributed by atoms with van der Waals surface area (Å²) >= 11 is 0. The summed E-state index contributed by atoms with van der Waals surface area (Å²) in [6.07, 6.45) is 9.75. The van der Waals surface area contributed by atoms with Gasteiger partial charge in [-0.2, -0.15) is 5.10 Å². The van der Waals surface area contributed by atoms with Crippen LogP contribution < -0.4 is 0 Å². The van der Waals surface area contributed by atoms with Gasteiger partial charge >= 0.3 is 0 Å². The average molecular weight is 322 g/mol. The van der Waals surface area contributed by atoms with Gasteiger partial charge in [-0.05, 0) is 39.3 Å². The minimum absolute atomic E-state index is 0.464. The predicted molar refractivity (Wildman–Crippen MR) is 91.7 cm³/mol. The minimum Gasteiger partial charge on any atom is -0.298 e. The van der Waals surface area contributed by atoms with E-state index in [1.807, 2.05) is 23.8 Å². The number of hydrogen-bond donors (Lipinski definition) is 0. The van der Waals surface area contributed by atoms with E-state index in [1.165, 1.54) is 18.4 Å². The first-order valence-corrected chi connectivity index (χ1v) is 8.50. The lowest BCUT2D eigenvalue weighted by Gasteiger charge is -2.32. The Morgan fingerprint density at radius 1 is 1.21 bits per heavy atom. The van der Waals surface area contributed by atoms with Gasteiger partial charge in [0.1, 0.15) is 0 Å². The van der Waals surface area contributed by atoms with E-state index in [0.29, 0.717) is 5.92 Å². The average Bonchev–Trinajstić information content (AvgIpc) is 2.99. The van der Waals surface area contributed by atoms with Crippen LogP contribution >= 0.6 is 0 Å². The van der Waals surface area contributed by atoms with Gasteiger partial charge in [-0.3, -0.25) is 14.9 Å². The quantitative estimate of drug-likeness (QED) is 0.741. The molecule has 1 fully saturated rings. The van der Waals surface area contributed by atoms with E-state index in [9.17, 15) is 0 Å². The zero-order chi connectivity index (χ0) is 16.5. The highest BCUT2D eigenvalue weighted by Crippen LogP contribution is 2.26. The van der Waals surface area contributed by atoms with Crippen molar-refractivity contribution in [3.8, 4) is 0 Å². The van der Waals surface area contributed by atoms with Crippen molar-refractivity contribution in [3.63, 3.8) is 0 Å². The van der Waals surface area contributed by atoms with Crippen molar-refractivity contribution in [1.82, 2.24) is 29.5 Å². The summed E-state index contributed by atoms with van der Waals surface area (Å²) in [6, 6.07) is 2.06. The molecule has 0 aromatic carbocycles. The predicted octanol–water partition coefficient (Wildman–Crippen LogP) is 2.52. The van der Waals surface area contributed by atoms with Crippen LogP contribution in [0.2, 0.25) is 0 Å². The highest BCUT2D eigenvalue weighted by Gasteiger charge is 2.23. The Hall–Kier alpha value is -2.34. The number of nitrogens with zero attached hydrogens (tertiary/aromatic N) is 6. The molecule has 0 radical (unpaired) electrons. The van der Waals surface area contributed by atoms with E-state index in [-0.39, 0.29) is 0 Å². The number of hydrogen-bond acceptors (Lipinski definition) is 5. The Bertz CT molecular complexity index is 841. The summed E-state index contributed by atoms with van der Waals surface area (Å²) in [6.45, 7) is 7.12. The Morgan fingerprint density at radius 2 is 2.12 bits per heavy atom. The maximum atomic E-state index is 4.69. The molecule has 124 valence electrons. The first kappa shape index (κ1) is 15.2. The van der Waals surface area contributed by atoms with E-state index in [2.05, 4.69) is 33.0 Å². The zero-order valence-corrected chi connectivity index (χ0v) is 14.2. The molecule has 6 heteroatoms. The number of piperidine rings is 1. The van der Waals surface area contributed by atoms with Gasteiger partial charge in [0.2, 0.25) is 0 Å². The van der Waals surface area contributed by atoms with E-state index in [1.54, 1.807) is 12.4 Å². The molecule has 4 rings (SSSR count). The highest BCUT2D eigenvalue weighted by atomic mass is 15.3. The van der Waals surface area contributed by atoms with Crippen LogP contribution in [0.4, 0.5) is 0 Å². The van der Waals surface area contributed by atoms with E-state index in [0.717, 1.165) is 42.4 Å². The van der Waals surface area contributed by atoms with Crippen LogP contribution in [0.3, 0.4) is 0 Å². The Kier molecular flexibility index (Phi) is 3.98. The third kappa shape index (κ3) is 2.89. The highest BCUT2D eigenvalue weighted by molar-refractivity contribution is 5.47. The summed E-state index contributed by atoms with van der Waals surface area (Å²) in [7, 11) is 0. The number of aryl methyl sites for hydroxylation is 2. The molecule has 0 saturated carbocycles. The fourth-order valence-corrected chi connectivity index (χ4v) is 3.63. The van der Waals surface area contributed by atoms with Crippen molar-refractivity contribution in [3.05, 3.63) is 53.5 Å². The van der Waals surface area contributed by atoms with Gasteiger partial charge in [-0.15, -0.1) is 0 Å². The van der Waals surface area contributed by atoms with Gasteiger partial charge in [0.15, 0.2) is 5.65 Å². The number of rotatable bonds is 3. The summed E-state index contributed by atoms with van der Waals surface area (Å²) in [5.41, 5.74) is 5.44. The number of fused-ring (bicyclic) bond motifs is 1. The molecule has 3 aromatic rings. The van der Waals surface area contributed by atoms with Crippen molar-refractivity contribution < 1.29 is 0 Å². The van der Waals surface area contributed by atoms with Crippen LogP contribution in [-0.4, -0.2) is 42.6 Å². The maximum absolute atomic E-state index is 4.69. The van der Waals surface area contributed by atoms with E-state index >= 15 is 0 Å². The largest absolute Gasteiger partial charge is 0.298 e.